The van der Waals surface area contributed by atoms with Gasteiger partial charge in [0.15, 0.2) is 11.5 Å². The number of hydrogen-bond donors (Lipinski definition) is 0. The van der Waals surface area contributed by atoms with E-state index in [1.807, 2.05) is 19.1 Å². The molecule has 0 aliphatic rings. The van der Waals surface area contributed by atoms with Gasteiger partial charge in [0, 0.05) is 21.9 Å². The van der Waals surface area contributed by atoms with Crippen molar-refractivity contribution in [1.82, 2.24) is 4.98 Å². The molecule has 144 valence electrons. The van der Waals surface area contributed by atoms with Crippen molar-refractivity contribution in [3.05, 3.63) is 65.9 Å². The van der Waals surface area contributed by atoms with Crippen molar-refractivity contribution < 1.29 is 18.3 Å². The molecule has 0 saturated heterocycles. The van der Waals surface area contributed by atoms with Gasteiger partial charge in [-0.3, -0.25) is 4.98 Å². The summed E-state index contributed by atoms with van der Waals surface area (Å²) in [4.78, 5) is 4.82. The number of pyridine rings is 1. The first-order chi connectivity index (χ1) is 14.0. The second-order valence-corrected chi connectivity index (χ2v) is 7.05. The van der Waals surface area contributed by atoms with Crippen LogP contribution in [-0.4, -0.2) is 19.2 Å². The Kier molecular flexibility index (Phi) is 3.81. The lowest BCUT2D eigenvalue weighted by molar-refractivity contribution is 0.356. The Morgan fingerprint density at radius 2 is 1.17 bits per heavy atom. The Bertz CT molecular complexity index is 1460. The molecule has 1 aromatic heterocycles. The zero-order valence-electron chi connectivity index (χ0n) is 16.1. The van der Waals surface area contributed by atoms with Crippen LogP contribution in [-0.2, 0) is 0 Å². The summed E-state index contributed by atoms with van der Waals surface area (Å²) in [5.74, 6) is 0.479. The van der Waals surface area contributed by atoms with Gasteiger partial charge in [-0.05, 0) is 64.9 Å². The summed E-state index contributed by atoms with van der Waals surface area (Å²) in [7, 11) is 3.14. The van der Waals surface area contributed by atoms with Crippen LogP contribution in [0.2, 0.25) is 0 Å². The van der Waals surface area contributed by atoms with Gasteiger partial charge in [-0.1, -0.05) is 12.1 Å². The molecule has 0 N–H and O–H groups in total. The molecule has 0 atom stereocenters. The lowest BCUT2D eigenvalue weighted by Crippen LogP contribution is -1.95. The first kappa shape index (κ1) is 17.6. The Labute approximate surface area is 165 Å². The Hall–Kier alpha value is -3.47. The highest BCUT2D eigenvalue weighted by atomic mass is 19.1. The second-order valence-electron chi connectivity index (χ2n) is 7.05. The molecule has 0 bridgehead atoms. The summed E-state index contributed by atoms with van der Waals surface area (Å²) >= 11 is 0. The van der Waals surface area contributed by atoms with E-state index in [0.29, 0.717) is 11.5 Å². The molecule has 3 nitrogen and oxygen atoms in total. The Balaban J connectivity index is 2.14. The molecule has 29 heavy (non-hydrogen) atoms. The van der Waals surface area contributed by atoms with Crippen molar-refractivity contribution in [2.45, 2.75) is 6.92 Å². The molecule has 0 radical (unpaired) electrons. The molecule has 0 spiro atoms. The minimum absolute atomic E-state index is 0.315. The zero-order chi connectivity index (χ0) is 20.3. The van der Waals surface area contributed by atoms with Gasteiger partial charge in [0.1, 0.15) is 11.6 Å². The van der Waals surface area contributed by atoms with Gasteiger partial charge in [0.2, 0.25) is 0 Å². The number of halogens is 2. The van der Waals surface area contributed by atoms with E-state index in [9.17, 15) is 8.78 Å². The SMILES string of the molecule is COc1cc2c3cc(F)ccc3c3c4ccc(F)cc4c(C)nc3c2cc1OC. The van der Waals surface area contributed by atoms with Gasteiger partial charge in [-0.25, -0.2) is 8.78 Å². The number of aryl methyl sites for hydroxylation is 1. The van der Waals surface area contributed by atoms with Crippen molar-refractivity contribution in [3.63, 3.8) is 0 Å². The zero-order valence-corrected chi connectivity index (χ0v) is 16.1. The van der Waals surface area contributed by atoms with Crippen molar-refractivity contribution in [1.29, 1.82) is 0 Å². The Morgan fingerprint density at radius 3 is 1.79 bits per heavy atom. The fourth-order valence-corrected chi connectivity index (χ4v) is 4.17. The molecular formula is C24H17F2NO2. The van der Waals surface area contributed by atoms with Crippen molar-refractivity contribution >= 4 is 43.2 Å². The quantitative estimate of drug-likeness (QED) is 0.332. The van der Waals surface area contributed by atoms with Gasteiger partial charge < -0.3 is 9.47 Å². The maximum Gasteiger partial charge on any atom is 0.161 e. The van der Waals surface area contributed by atoms with E-state index >= 15 is 0 Å². The summed E-state index contributed by atoms with van der Waals surface area (Å²) in [6.45, 7) is 1.86. The minimum Gasteiger partial charge on any atom is -0.493 e. The molecule has 0 aliphatic heterocycles. The normalized spacial score (nSPS) is 11.6. The van der Waals surface area contributed by atoms with E-state index < -0.39 is 0 Å². The Morgan fingerprint density at radius 1 is 0.655 bits per heavy atom. The molecule has 4 aromatic carbocycles. The van der Waals surface area contributed by atoms with Crippen molar-refractivity contribution in [2.24, 2.45) is 0 Å². The summed E-state index contributed by atoms with van der Waals surface area (Å²) in [5, 5.41) is 5.71. The number of ether oxygens (including phenoxy) is 2. The summed E-state index contributed by atoms with van der Waals surface area (Å²) in [6, 6.07) is 13.1. The minimum atomic E-state index is -0.330. The van der Waals surface area contributed by atoms with E-state index in [0.717, 1.165) is 48.9 Å². The fourth-order valence-electron chi connectivity index (χ4n) is 4.17. The number of benzene rings is 4. The van der Waals surface area contributed by atoms with Crippen LogP contribution in [0.3, 0.4) is 0 Å². The second kappa shape index (κ2) is 6.27. The van der Waals surface area contributed by atoms with E-state index in [-0.39, 0.29) is 11.6 Å². The molecule has 0 aliphatic carbocycles. The lowest BCUT2D eigenvalue weighted by atomic mass is 9.93. The molecule has 5 heteroatoms. The molecule has 5 rings (SSSR count). The van der Waals surface area contributed by atoms with Crippen LogP contribution in [0.15, 0.2) is 48.5 Å². The number of nitrogens with zero attached hydrogens (tertiary/aromatic N) is 1. The largest absolute Gasteiger partial charge is 0.493 e. The van der Waals surface area contributed by atoms with Crippen LogP contribution in [0.4, 0.5) is 8.78 Å². The third-order valence-electron chi connectivity index (χ3n) is 5.48. The highest BCUT2D eigenvalue weighted by molar-refractivity contribution is 6.30. The first-order valence-electron chi connectivity index (χ1n) is 9.18. The van der Waals surface area contributed by atoms with Crippen LogP contribution < -0.4 is 9.47 Å². The van der Waals surface area contributed by atoms with Gasteiger partial charge in [0.25, 0.3) is 0 Å². The monoisotopic (exact) mass is 389 g/mol. The molecule has 5 aromatic rings. The molecule has 0 fully saturated rings. The van der Waals surface area contributed by atoms with Crippen LogP contribution in [0.1, 0.15) is 5.69 Å². The predicted molar refractivity (Wildman–Crippen MR) is 112 cm³/mol. The maximum absolute atomic E-state index is 14.2. The van der Waals surface area contributed by atoms with Crippen molar-refractivity contribution in [3.8, 4) is 11.5 Å². The smallest absolute Gasteiger partial charge is 0.161 e. The third kappa shape index (κ3) is 2.50. The average molecular weight is 389 g/mol. The number of aromatic nitrogens is 1. The summed E-state index contributed by atoms with van der Waals surface area (Å²) in [5.41, 5.74) is 1.49. The predicted octanol–water partition coefficient (Wildman–Crippen LogP) is 6.30. The molecule has 0 unspecified atom stereocenters. The fraction of sp³-hybridized carbons (Fsp3) is 0.125. The van der Waals surface area contributed by atoms with Gasteiger partial charge in [-0.15, -0.1) is 0 Å². The highest BCUT2D eigenvalue weighted by Crippen LogP contribution is 2.42. The van der Waals surface area contributed by atoms with Gasteiger partial charge in [-0.2, -0.15) is 0 Å². The molecule has 0 amide bonds. The molecule has 0 saturated carbocycles. The van der Waals surface area contributed by atoms with Crippen molar-refractivity contribution in [2.75, 3.05) is 14.2 Å². The van der Waals surface area contributed by atoms with E-state index in [2.05, 4.69) is 0 Å². The number of hydrogen-bond acceptors (Lipinski definition) is 3. The summed E-state index contributed by atoms with van der Waals surface area (Å²) < 4.78 is 39.1. The van der Waals surface area contributed by atoms with Crippen LogP contribution >= 0.6 is 0 Å². The number of methoxy groups -OCH3 is 2. The van der Waals surface area contributed by atoms with E-state index in [1.165, 1.54) is 24.3 Å². The first-order valence-corrected chi connectivity index (χ1v) is 9.18. The van der Waals surface area contributed by atoms with Crippen LogP contribution in [0.25, 0.3) is 43.2 Å². The highest BCUT2D eigenvalue weighted by Gasteiger charge is 2.17. The average Bonchev–Trinajstić information content (AvgIpc) is 2.73. The number of fused-ring (bicyclic) bond motifs is 8. The summed E-state index contributed by atoms with van der Waals surface area (Å²) in [6.07, 6.45) is 0. The van der Waals surface area contributed by atoms with Gasteiger partial charge in [0.05, 0.1) is 19.7 Å². The van der Waals surface area contributed by atoms with Crippen LogP contribution in [0.5, 0.6) is 11.5 Å². The van der Waals surface area contributed by atoms with E-state index in [4.69, 9.17) is 14.5 Å². The third-order valence-corrected chi connectivity index (χ3v) is 5.48. The van der Waals surface area contributed by atoms with E-state index in [1.54, 1.807) is 26.4 Å². The standard InChI is InChI=1S/C24H17F2NO2/c1-12-17-8-13(25)4-6-15(17)23-16-7-5-14(26)9-18(16)19-10-21(28-2)22(29-3)11-20(19)24(23)27-12/h4-11H,1-3H3. The topological polar surface area (TPSA) is 31.4 Å². The molecule has 1 heterocycles. The maximum atomic E-state index is 14.2. The lowest BCUT2D eigenvalue weighted by Gasteiger charge is -2.16. The number of rotatable bonds is 2. The molecular weight excluding hydrogens is 372 g/mol. The van der Waals surface area contributed by atoms with Crippen LogP contribution in [0, 0.1) is 18.6 Å². The van der Waals surface area contributed by atoms with Gasteiger partial charge >= 0.3 is 0 Å².